The Hall–Kier alpha value is -2.08. The number of benzene rings is 1. The quantitative estimate of drug-likeness (QED) is 0.663. The molecule has 1 fully saturated rings. The summed E-state index contributed by atoms with van der Waals surface area (Å²) >= 11 is 0. The Morgan fingerprint density at radius 1 is 1.36 bits per heavy atom. The summed E-state index contributed by atoms with van der Waals surface area (Å²) in [7, 11) is 0. The Labute approximate surface area is 130 Å². The molecule has 2 rings (SSSR count). The second-order valence-electron chi connectivity index (χ2n) is 5.25. The Morgan fingerprint density at radius 3 is 2.95 bits per heavy atom. The lowest BCUT2D eigenvalue weighted by Crippen LogP contribution is -2.53. The van der Waals surface area contributed by atoms with Crippen LogP contribution in [-0.4, -0.2) is 37.6 Å². The maximum Gasteiger partial charge on any atom is 0.237 e. The first-order valence-corrected chi connectivity index (χ1v) is 7.73. The molecule has 1 saturated heterocycles. The first-order chi connectivity index (χ1) is 10.7. The van der Waals surface area contributed by atoms with Gasteiger partial charge in [0.1, 0.15) is 5.75 Å². The van der Waals surface area contributed by atoms with Gasteiger partial charge in [-0.1, -0.05) is 25.5 Å². The van der Waals surface area contributed by atoms with Crippen LogP contribution in [0.1, 0.15) is 26.2 Å². The van der Waals surface area contributed by atoms with Crippen LogP contribution in [0.15, 0.2) is 24.3 Å². The molecule has 0 unspecified atom stereocenters. The van der Waals surface area contributed by atoms with E-state index in [0.717, 1.165) is 12.8 Å². The van der Waals surface area contributed by atoms with Gasteiger partial charge in [0.05, 0.1) is 24.8 Å². The molecule has 1 aromatic rings. The summed E-state index contributed by atoms with van der Waals surface area (Å²) in [6, 6.07) is 6.87. The number of unbranched alkanes of at least 4 members (excludes halogenated alkanes) is 1. The van der Waals surface area contributed by atoms with Crippen LogP contribution in [0.25, 0.3) is 0 Å². The van der Waals surface area contributed by atoms with Gasteiger partial charge in [-0.3, -0.25) is 9.59 Å². The van der Waals surface area contributed by atoms with Gasteiger partial charge >= 0.3 is 0 Å². The molecule has 0 bridgehead atoms. The normalized spacial score (nSPS) is 17.7. The third-order valence-electron chi connectivity index (χ3n) is 3.44. The molecule has 1 aromatic carbocycles. The Kier molecular flexibility index (Phi) is 6.21. The summed E-state index contributed by atoms with van der Waals surface area (Å²) in [5.74, 6) is 0.320. The summed E-state index contributed by atoms with van der Waals surface area (Å²) in [4.78, 5) is 23.8. The molecule has 1 atom stereocenters. The predicted octanol–water partition coefficient (Wildman–Crippen LogP) is 1.28. The van der Waals surface area contributed by atoms with Crippen LogP contribution < -0.4 is 20.7 Å². The van der Waals surface area contributed by atoms with E-state index in [1.54, 1.807) is 6.07 Å². The topological polar surface area (TPSA) is 79.5 Å². The van der Waals surface area contributed by atoms with E-state index in [1.165, 1.54) is 0 Å². The van der Waals surface area contributed by atoms with Crippen molar-refractivity contribution in [2.24, 2.45) is 0 Å². The third-order valence-corrected chi connectivity index (χ3v) is 3.44. The van der Waals surface area contributed by atoms with Crippen molar-refractivity contribution >= 4 is 17.5 Å². The minimum atomic E-state index is -0.470. The van der Waals surface area contributed by atoms with Crippen LogP contribution in [0.4, 0.5) is 5.69 Å². The van der Waals surface area contributed by atoms with Gasteiger partial charge in [0.15, 0.2) is 0 Å². The molecule has 1 aliphatic rings. The number of piperazine rings is 1. The smallest absolute Gasteiger partial charge is 0.237 e. The zero-order chi connectivity index (χ0) is 15.8. The van der Waals surface area contributed by atoms with E-state index in [-0.39, 0.29) is 18.2 Å². The van der Waals surface area contributed by atoms with Crippen molar-refractivity contribution in [2.45, 2.75) is 32.2 Å². The van der Waals surface area contributed by atoms with Crippen LogP contribution in [0.2, 0.25) is 0 Å². The summed E-state index contributed by atoms with van der Waals surface area (Å²) < 4.78 is 5.68. The minimum absolute atomic E-state index is 0.106. The van der Waals surface area contributed by atoms with Crippen LogP contribution in [0.3, 0.4) is 0 Å². The van der Waals surface area contributed by atoms with Gasteiger partial charge in [-0.25, -0.2) is 0 Å². The SMILES string of the molecule is CCCCOc1ccccc1NC(=O)C[C@H]1NCCNC1=O. The number of hydrogen-bond acceptors (Lipinski definition) is 4. The van der Waals surface area contributed by atoms with Gasteiger partial charge in [-0.15, -0.1) is 0 Å². The molecule has 0 aromatic heterocycles. The molecule has 120 valence electrons. The van der Waals surface area contributed by atoms with Crippen molar-refractivity contribution < 1.29 is 14.3 Å². The summed E-state index contributed by atoms with van der Waals surface area (Å²) in [5, 5.41) is 8.60. The van der Waals surface area contributed by atoms with Crippen LogP contribution in [0.5, 0.6) is 5.75 Å². The van der Waals surface area contributed by atoms with Gasteiger partial charge < -0.3 is 20.7 Å². The van der Waals surface area contributed by atoms with E-state index < -0.39 is 6.04 Å². The third kappa shape index (κ3) is 4.73. The minimum Gasteiger partial charge on any atom is -0.491 e. The molecule has 3 N–H and O–H groups in total. The molecular weight excluding hydrogens is 282 g/mol. The van der Waals surface area contributed by atoms with Gasteiger partial charge in [-0.05, 0) is 18.6 Å². The molecule has 1 heterocycles. The van der Waals surface area contributed by atoms with Crippen LogP contribution >= 0.6 is 0 Å². The fourth-order valence-corrected chi connectivity index (χ4v) is 2.22. The highest BCUT2D eigenvalue weighted by Gasteiger charge is 2.24. The summed E-state index contributed by atoms with van der Waals surface area (Å²) in [6.45, 7) is 4.00. The first-order valence-electron chi connectivity index (χ1n) is 7.73. The maximum atomic E-state index is 12.1. The number of anilines is 1. The lowest BCUT2D eigenvalue weighted by molar-refractivity contribution is -0.127. The predicted molar refractivity (Wildman–Crippen MR) is 84.9 cm³/mol. The molecule has 22 heavy (non-hydrogen) atoms. The molecule has 0 radical (unpaired) electrons. The molecule has 0 saturated carbocycles. The van der Waals surface area contributed by atoms with Crippen molar-refractivity contribution in [2.75, 3.05) is 25.0 Å². The lowest BCUT2D eigenvalue weighted by atomic mass is 10.1. The van der Waals surface area contributed by atoms with Crippen molar-refractivity contribution in [1.29, 1.82) is 0 Å². The number of nitrogens with one attached hydrogen (secondary N) is 3. The van der Waals surface area contributed by atoms with Crippen LogP contribution in [0, 0.1) is 0 Å². The molecule has 6 heteroatoms. The first kappa shape index (κ1) is 16.3. The largest absolute Gasteiger partial charge is 0.491 e. The second kappa shape index (κ2) is 8.38. The molecule has 6 nitrogen and oxygen atoms in total. The highest BCUT2D eigenvalue weighted by atomic mass is 16.5. The van der Waals surface area contributed by atoms with E-state index in [2.05, 4.69) is 22.9 Å². The highest BCUT2D eigenvalue weighted by Crippen LogP contribution is 2.24. The van der Waals surface area contributed by atoms with E-state index in [4.69, 9.17) is 4.74 Å². The van der Waals surface area contributed by atoms with E-state index in [1.807, 2.05) is 18.2 Å². The van der Waals surface area contributed by atoms with Gasteiger partial charge in [0.2, 0.25) is 11.8 Å². The average Bonchev–Trinajstić information content (AvgIpc) is 2.51. The highest BCUT2D eigenvalue weighted by molar-refractivity contribution is 5.96. The molecule has 0 aliphatic carbocycles. The van der Waals surface area contributed by atoms with Crippen molar-refractivity contribution in [3.63, 3.8) is 0 Å². The monoisotopic (exact) mass is 305 g/mol. The molecule has 1 aliphatic heterocycles. The average molecular weight is 305 g/mol. The fourth-order valence-electron chi connectivity index (χ4n) is 2.22. The van der Waals surface area contributed by atoms with Crippen molar-refractivity contribution in [1.82, 2.24) is 10.6 Å². The molecule has 2 amide bonds. The van der Waals surface area contributed by atoms with Crippen LogP contribution in [-0.2, 0) is 9.59 Å². The Bertz CT molecular complexity index is 519. The zero-order valence-corrected chi connectivity index (χ0v) is 12.9. The fraction of sp³-hybridized carbons (Fsp3) is 0.500. The number of amides is 2. The number of rotatable bonds is 7. The summed E-state index contributed by atoms with van der Waals surface area (Å²) in [5.41, 5.74) is 0.639. The number of para-hydroxylation sites is 2. The molecule has 0 spiro atoms. The Balaban J connectivity index is 1.91. The van der Waals surface area contributed by atoms with E-state index in [0.29, 0.717) is 31.1 Å². The van der Waals surface area contributed by atoms with E-state index >= 15 is 0 Å². The number of hydrogen-bond donors (Lipinski definition) is 3. The second-order valence-corrected chi connectivity index (χ2v) is 5.25. The molecular formula is C16H23N3O3. The number of carbonyl (C=O) groups is 2. The van der Waals surface area contributed by atoms with Gasteiger partial charge in [0.25, 0.3) is 0 Å². The van der Waals surface area contributed by atoms with Gasteiger partial charge in [0, 0.05) is 13.1 Å². The lowest BCUT2D eigenvalue weighted by Gasteiger charge is -2.23. The Morgan fingerprint density at radius 2 is 2.18 bits per heavy atom. The standard InChI is InChI=1S/C16H23N3O3/c1-2-3-10-22-14-7-5-4-6-12(14)19-15(20)11-13-16(21)18-9-8-17-13/h4-7,13,17H,2-3,8-11H2,1H3,(H,18,21)(H,19,20)/t13-/m1/s1. The number of ether oxygens (including phenoxy) is 1. The summed E-state index contributed by atoms with van der Waals surface area (Å²) in [6.07, 6.45) is 2.13. The maximum absolute atomic E-state index is 12.1. The van der Waals surface area contributed by atoms with Crippen molar-refractivity contribution in [3.8, 4) is 5.75 Å². The van der Waals surface area contributed by atoms with Gasteiger partial charge in [-0.2, -0.15) is 0 Å². The van der Waals surface area contributed by atoms with Crippen molar-refractivity contribution in [3.05, 3.63) is 24.3 Å². The number of carbonyl (C=O) groups excluding carboxylic acids is 2. The zero-order valence-electron chi connectivity index (χ0n) is 12.9. The van der Waals surface area contributed by atoms with E-state index in [9.17, 15) is 9.59 Å².